The number of carbonyl (C=O) groups excluding carboxylic acids is 2. The van der Waals surface area contributed by atoms with E-state index >= 15 is 0 Å². The normalized spacial score (nSPS) is 18.8. The monoisotopic (exact) mass is 254 g/mol. The largest absolute Gasteiger partial charge is 0.369 e. The summed E-state index contributed by atoms with van der Waals surface area (Å²) in [6.45, 7) is 4.53. The van der Waals surface area contributed by atoms with Gasteiger partial charge in [-0.2, -0.15) is 0 Å². The lowest BCUT2D eigenvalue weighted by Gasteiger charge is -2.32. The number of primary amides is 1. The summed E-state index contributed by atoms with van der Waals surface area (Å²) in [5.41, 5.74) is 5.47. The molecule has 104 valence electrons. The van der Waals surface area contributed by atoms with Gasteiger partial charge in [-0.25, -0.2) is 0 Å². The molecule has 1 saturated carbocycles. The Morgan fingerprint density at radius 2 is 1.94 bits per heavy atom. The molecule has 0 spiro atoms. The minimum atomic E-state index is -0.326. The van der Waals surface area contributed by atoms with E-state index in [-0.39, 0.29) is 23.7 Å². The van der Waals surface area contributed by atoms with Crippen molar-refractivity contribution in [3.8, 4) is 0 Å². The third-order valence-corrected chi connectivity index (χ3v) is 3.95. The number of nitrogens with two attached hydrogens (primary N) is 1. The lowest BCUT2D eigenvalue weighted by molar-refractivity contribution is -0.134. The molecule has 2 amide bonds. The van der Waals surface area contributed by atoms with E-state index in [2.05, 4.69) is 5.32 Å². The predicted octanol–water partition coefficient (Wildman–Crippen LogP) is 1.83. The maximum absolute atomic E-state index is 12.1. The Morgan fingerprint density at radius 3 is 2.33 bits per heavy atom. The van der Waals surface area contributed by atoms with E-state index in [1.54, 1.807) is 0 Å². The van der Waals surface area contributed by atoms with Gasteiger partial charge in [0.15, 0.2) is 0 Å². The van der Waals surface area contributed by atoms with Gasteiger partial charge in [0.05, 0.1) is 0 Å². The fourth-order valence-electron chi connectivity index (χ4n) is 2.70. The Labute approximate surface area is 110 Å². The topological polar surface area (TPSA) is 72.2 Å². The van der Waals surface area contributed by atoms with Gasteiger partial charge in [-0.05, 0) is 25.7 Å². The Kier molecular flexibility index (Phi) is 6.16. The van der Waals surface area contributed by atoms with Crippen LogP contribution in [0, 0.1) is 17.8 Å². The molecule has 1 fully saturated rings. The molecule has 0 radical (unpaired) electrons. The van der Waals surface area contributed by atoms with Gasteiger partial charge >= 0.3 is 0 Å². The first-order valence-corrected chi connectivity index (χ1v) is 7.17. The summed E-state index contributed by atoms with van der Waals surface area (Å²) >= 11 is 0. The third-order valence-electron chi connectivity index (χ3n) is 3.95. The molecule has 1 rings (SSSR count). The first-order chi connectivity index (χ1) is 8.60. The van der Waals surface area contributed by atoms with Crippen molar-refractivity contribution in [1.82, 2.24) is 5.32 Å². The zero-order chi connectivity index (χ0) is 13.5. The van der Waals surface area contributed by atoms with Gasteiger partial charge in [-0.1, -0.05) is 32.6 Å². The highest BCUT2D eigenvalue weighted by atomic mass is 16.2. The molecular formula is C14H26N2O2. The molecule has 0 aliphatic heterocycles. The predicted molar refractivity (Wildman–Crippen MR) is 71.7 cm³/mol. The first kappa shape index (κ1) is 15.0. The smallest absolute Gasteiger partial charge is 0.223 e. The highest BCUT2D eigenvalue weighted by Gasteiger charge is 2.34. The average Bonchev–Trinajstić information content (AvgIpc) is 2.25. The van der Waals surface area contributed by atoms with Crippen LogP contribution in [0.2, 0.25) is 0 Å². The van der Waals surface area contributed by atoms with Gasteiger partial charge in [-0.3, -0.25) is 9.59 Å². The summed E-state index contributed by atoms with van der Waals surface area (Å²) in [5.74, 6) is -0.250. The average molecular weight is 254 g/mol. The lowest BCUT2D eigenvalue weighted by Crippen LogP contribution is -2.41. The van der Waals surface area contributed by atoms with E-state index in [0.29, 0.717) is 18.9 Å². The second-order valence-corrected chi connectivity index (χ2v) is 5.33. The third kappa shape index (κ3) is 4.00. The van der Waals surface area contributed by atoms with Gasteiger partial charge in [-0.15, -0.1) is 0 Å². The number of rotatable bonds is 8. The number of hydrogen-bond acceptors (Lipinski definition) is 2. The Balaban J connectivity index is 2.71. The molecule has 0 bridgehead atoms. The maximum Gasteiger partial charge on any atom is 0.223 e. The van der Waals surface area contributed by atoms with Gasteiger partial charge in [0.2, 0.25) is 11.8 Å². The lowest BCUT2D eigenvalue weighted by atomic mass is 9.74. The summed E-state index contributed by atoms with van der Waals surface area (Å²) < 4.78 is 0. The van der Waals surface area contributed by atoms with Crippen molar-refractivity contribution in [3.63, 3.8) is 0 Å². The molecule has 0 aromatic carbocycles. The molecule has 0 aromatic heterocycles. The fraction of sp³-hybridized carbons (Fsp3) is 0.857. The summed E-state index contributed by atoms with van der Waals surface area (Å²) in [7, 11) is 0. The number of carbonyl (C=O) groups is 2. The molecule has 0 saturated heterocycles. The van der Waals surface area contributed by atoms with E-state index in [1.807, 2.05) is 13.8 Å². The minimum Gasteiger partial charge on any atom is -0.369 e. The van der Waals surface area contributed by atoms with Crippen molar-refractivity contribution in [2.75, 3.05) is 6.54 Å². The van der Waals surface area contributed by atoms with Crippen molar-refractivity contribution in [1.29, 1.82) is 0 Å². The molecule has 3 N–H and O–H groups in total. The van der Waals surface area contributed by atoms with Gasteiger partial charge in [0.25, 0.3) is 0 Å². The summed E-state index contributed by atoms with van der Waals surface area (Å²) in [4.78, 5) is 23.7. The fourth-order valence-corrected chi connectivity index (χ4v) is 2.70. The van der Waals surface area contributed by atoms with Crippen LogP contribution in [0.1, 0.15) is 52.4 Å². The molecule has 1 aliphatic rings. The highest BCUT2D eigenvalue weighted by molar-refractivity contribution is 5.86. The van der Waals surface area contributed by atoms with Crippen LogP contribution in [0.25, 0.3) is 0 Å². The van der Waals surface area contributed by atoms with Crippen molar-refractivity contribution in [3.05, 3.63) is 0 Å². The molecule has 4 heteroatoms. The Morgan fingerprint density at radius 1 is 1.28 bits per heavy atom. The standard InChI is InChI=1S/C14H26N2O2/c1-3-6-11(13(15)17)12(14(18)16-4-2)9-10-7-5-8-10/h10-12H,3-9H2,1-2H3,(H2,15,17)(H,16,18)/t11-,12+/m0/s1. The second-order valence-electron chi connectivity index (χ2n) is 5.33. The molecule has 4 nitrogen and oxygen atoms in total. The molecule has 1 aliphatic carbocycles. The van der Waals surface area contributed by atoms with Crippen LogP contribution in [0.5, 0.6) is 0 Å². The first-order valence-electron chi connectivity index (χ1n) is 7.17. The van der Waals surface area contributed by atoms with Crippen LogP contribution in [0.15, 0.2) is 0 Å². The number of hydrogen-bond donors (Lipinski definition) is 2. The van der Waals surface area contributed by atoms with E-state index in [0.717, 1.165) is 12.8 Å². The SMILES string of the molecule is CCC[C@H](C(N)=O)[C@@H](CC1CCC1)C(=O)NCC. The van der Waals surface area contributed by atoms with Crippen molar-refractivity contribution >= 4 is 11.8 Å². The minimum absolute atomic E-state index is 0.00153. The van der Waals surface area contributed by atoms with Gasteiger partial charge < -0.3 is 11.1 Å². The van der Waals surface area contributed by atoms with Crippen LogP contribution in [-0.2, 0) is 9.59 Å². The summed E-state index contributed by atoms with van der Waals surface area (Å²) in [5, 5.41) is 2.85. The van der Waals surface area contributed by atoms with Crippen LogP contribution >= 0.6 is 0 Å². The molecular weight excluding hydrogens is 228 g/mol. The van der Waals surface area contributed by atoms with Crippen LogP contribution in [-0.4, -0.2) is 18.4 Å². The van der Waals surface area contributed by atoms with Crippen LogP contribution in [0.3, 0.4) is 0 Å². The zero-order valence-corrected chi connectivity index (χ0v) is 11.6. The van der Waals surface area contributed by atoms with E-state index in [1.165, 1.54) is 19.3 Å². The Bertz CT molecular complexity index is 288. The van der Waals surface area contributed by atoms with Gasteiger partial charge in [0.1, 0.15) is 0 Å². The molecule has 0 heterocycles. The quantitative estimate of drug-likeness (QED) is 0.693. The molecule has 2 atom stereocenters. The van der Waals surface area contributed by atoms with Crippen LogP contribution in [0.4, 0.5) is 0 Å². The zero-order valence-electron chi connectivity index (χ0n) is 11.6. The maximum atomic E-state index is 12.1. The van der Waals surface area contributed by atoms with E-state index in [9.17, 15) is 9.59 Å². The number of amides is 2. The highest BCUT2D eigenvalue weighted by Crippen LogP contribution is 2.35. The van der Waals surface area contributed by atoms with E-state index in [4.69, 9.17) is 5.73 Å². The van der Waals surface area contributed by atoms with Crippen molar-refractivity contribution < 1.29 is 9.59 Å². The molecule has 0 unspecified atom stereocenters. The summed E-state index contributed by atoms with van der Waals surface area (Å²) in [6, 6.07) is 0. The Hall–Kier alpha value is -1.06. The summed E-state index contributed by atoms with van der Waals surface area (Å²) in [6.07, 6.45) is 6.04. The van der Waals surface area contributed by atoms with Crippen molar-refractivity contribution in [2.45, 2.75) is 52.4 Å². The molecule has 18 heavy (non-hydrogen) atoms. The van der Waals surface area contributed by atoms with E-state index < -0.39 is 0 Å². The van der Waals surface area contributed by atoms with Crippen LogP contribution < -0.4 is 11.1 Å². The number of nitrogens with one attached hydrogen (secondary N) is 1. The van der Waals surface area contributed by atoms with Crippen molar-refractivity contribution in [2.24, 2.45) is 23.5 Å². The van der Waals surface area contributed by atoms with Gasteiger partial charge in [0, 0.05) is 18.4 Å². The second kappa shape index (κ2) is 7.39. The molecule has 0 aromatic rings.